The smallest absolute Gasteiger partial charge is 0.235 e. The maximum absolute atomic E-state index is 12.4. The number of hydrogen-bond acceptors (Lipinski definition) is 3. The highest BCUT2D eigenvalue weighted by atomic mass is 16.2. The topological polar surface area (TPSA) is 68.0 Å². The maximum Gasteiger partial charge on any atom is 0.235 e. The van der Waals surface area contributed by atoms with Crippen molar-refractivity contribution < 1.29 is 4.79 Å². The monoisotopic (exact) mass is 255 g/mol. The molecule has 0 aliphatic carbocycles. The van der Waals surface area contributed by atoms with Crippen LogP contribution in [0.25, 0.3) is 0 Å². The minimum atomic E-state index is -0.648. The van der Waals surface area contributed by atoms with Gasteiger partial charge in [0, 0.05) is 6.20 Å². The molecule has 0 radical (unpaired) electrons. The zero-order valence-electron chi connectivity index (χ0n) is 11.1. The van der Waals surface area contributed by atoms with Crippen LogP contribution in [0.4, 0.5) is 11.5 Å². The Kier molecular flexibility index (Phi) is 3.51. The van der Waals surface area contributed by atoms with Crippen LogP contribution in [0.5, 0.6) is 0 Å². The van der Waals surface area contributed by atoms with Crippen molar-refractivity contribution in [1.82, 2.24) is 4.98 Å². The van der Waals surface area contributed by atoms with Gasteiger partial charge in [-0.25, -0.2) is 4.98 Å². The maximum atomic E-state index is 12.4. The fourth-order valence-electron chi connectivity index (χ4n) is 1.77. The number of nitrogen functional groups attached to an aromatic ring is 1. The number of pyridine rings is 1. The van der Waals surface area contributed by atoms with Gasteiger partial charge in [-0.3, -0.25) is 4.79 Å². The number of carbonyl (C=O) groups is 1. The molecular weight excluding hydrogens is 238 g/mol. The molecule has 4 nitrogen and oxygen atoms in total. The Hall–Kier alpha value is -2.36. The van der Waals surface area contributed by atoms with Gasteiger partial charge in [-0.15, -0.1) is 0 Å². The van der Waals surface area contributed by atoms with Crippen molar-refractivity contribution in [3.05, 3.63) is 54.2 Å². The molecule has 0 fully saturated rings. The molecule has 0 spiro atoms. The average Bonchev–Trinajstić information content (AvgIpc) is 2.42. The Morgan fingerprint density at radius 2 is 1.84 bits per heavy atom. The van der Waals surface area contributed by atoms with Gasteiger partial charge in [0.15, 0.2) is 5.82 Å². The predicted octanol–water partition coefficient (Wildman–Crippen LogP) is 2.58. The lowest BCUT2D eigenvalue weighted by Gasteiger charge is -2.24. The number of nitrogens with two attached hydrogens (primary N) is 1. The third-order valence-corrected chi connectivity index (χ3v) is 3.13. The lowest BCUT2D eigenvalue weighted by molar-refractivity contribution is -0.120. The van der Waals surface area contributed by atoms with Gasteiger partial charge in [-0.05, 0) is 31.5 Å². The average molecular weight is 255 g/mol. The fraction of sp³-hybridized carbons (Fsp3) is 0.200. The van der Waals surface area contributed by atoms with Crippen LogP contribution >= 0.6 is 0 Å². The molecule has 0 saturated carbocycles. The SMILES string of the molecule is CC(C)(C(=O)Nc1ncccc1N)c1ccccc1. The summed E-state index contributed by atoms with van der Waals surface area (Å²) >= 11 is 0. The van der Waals surface area contributed by atoms with Crippen LogP contribution in [0.1, 0.15) is 19.4 Å². The van der Waals surface area contributed by atoms with Crippen molar-refractivity contribution in [2.45, 2.75) is 19.3 Å². The van der Waals surface area contributed by atoms with Gasteiger partial charge < -0.3 is 11.1 Å². The van der Waals surface area contributed by atoms with Crippen LogP contribution in [0.2, 0.25) is 0 Å². The first-order valence-electron chi connectivity index (χ1n) is 6.09. The number of nitrogens with one attached hydrogen (secondary N) is 1. The van der Waals surface area contributed by atoms with E-state index in [4.69, 9.17) is 5.73 Å². The number of benzene rings is 1. The summed E-state index contributed by atoms with van der Waals surface area (Å²) in [6.45, 7) is 3.74. The predicted molar refractivity (Wildman–Crippen MR) is 76.7 cm³/mol. The molecule has 0 bridgehead atoms. The molecule has 0 aliphatic rings. The number of anilines is 2. The molecule has 0 atom stereocenters. The number of carbonyl (C=O) groups excluding carboxylic acids is 1. The highest BCUT2D eigenvalue weighted by molar-refractivity contribution is 5.99. The van der Waals surface area contributed by atoms with Crippen LogP contribution in [0.3, 0.4) is 0 Å². The Balaban J connectivity index is 2.23. The molecule has 2 aromatic rings. The van der Waals surface area contributed by atoms with Crippen LogP contribution in [0, 0.1) is 0 Å². The number of hydrogen-bond donors (Lipinski definition) is 2. The standard InChI is InChI=1S/C15H17N3O/c1-15(2,11-7-4-3-5-8-11)14(19)18-13-12(16)9-6-10-17-13/h3-10H,16H2,1-2H3,(H,17,18,19). The fourth-order valence-corrected chi connectivity index (χ4v) is 1.77. The Bertz CT molecular complexity index is 579. The van der Waals surface area contributed by atoms with Crippen molar-refractivity contribution in [3.63, 3.8) is 0 Å². The molecule has 19 heavy (non-hydrogen) atoms. The first-order chi connectivity index (χ1) is 9.01. The van der Waals surface area contributed by atoms with Gasteiger partial charge in [0.25, 0.3) is 0 Å². The lowest BCUT2D eigenvalue weighted by Crippen LogP contribution is -2.35. The van der Waals surface area contributed by atoms with Gasteiger partial charge in [-0.2, -0.15) is 0 Å². The van der Waals surface area contributed by atoms with Crippen molar-refractivity contribution in [2.24, 2.45) is 0 Å². The van der Waals surface area contributed by atoms with Crippen molar-refractivity contribution in [3.8, 4) is 0 Å². The molecule has 0 aliphatic heterocycles. The summed E-state index contributed by atoms with van der Waals surface area (Å²) in [5, 5.41) is 2.77. The van der Waals surface area contributed by atoms with E-state index in [1.165, 1.54) is 0 Å². The van der Waals surface area contributed by atoms with Gasteiger partial charge >= 0.3 is 0 Å². The van der Waals surface area contributed by atoms with E-state index in [1.807, 2.05) is 44.2 Å². The second-order valence-corrected chi connectivity index (χ2v) is 4.89. The number of nitrogens with zero attached hydrogens (tertiary/aromatic N) is 1. The van der Waals surface area contributed by atoms with Gasteiger partial charge in [-0.1, -0.05) is 30.3 Å². The zero-order chi connectivity index (χ0) is 13.9. The van der Waals surface area contributed by atoms with Crippen molar-refractivity contribution >= 4 is 17.4 Å². The zero-order valence-corrected chi connectivity index (χ0v) is 11.1. The Labute approximate surface area is 112 Å². The Morgan fingerprint density at radius 3 is 2.47 bits per heavy atom. The van der Waals surface area contributed by atoms with E-state index < -0.39 is 5.41 Å². The normalized spacial score (nSPS) is 11.1. The molecule has 3 N–H and O–H groups in total. The third-order valence-electron chi connectivity index (χ3n) is 3.13. The molecule has 1 aromatic heterocycles. The second-order valence-electron chi connectivity index (χ2n) is 4.89. The summed E-state index contributed by atoms with van der Waals surface area (Å²) in [6, 6.07) is 13.1. The van der Waals surface area contributed by atoms with Crippen LogP contribution in [-0.2, 0) is 10.2 Å². The minimum Gasteiger partial charge on any atom is -0.396 e. The van der Waals surface area contributed by atoms with E-state index in [2.05, 4.69) is 10.3 Å². The van der Waals surface area contributed by atoms with Crippen LogP contribution in [0.15, 0.2) is 48.7 Å². The molecular formula is C15H17N3O. The number of aromatic nitrogens is 1. The largest absolute Gasteiger partial charge is 0.396 e. The van der Waals surface area contributed by atoms with Crippen molar-refractivity contribution in [2.75, 3.05) is 11.1 Å². The van der Waals surface area contributed by atoms with E-state index in [1.54, 1.807) is 18.3 Å². The summed E-state index contributed by atoms with van der Waals surface area (Å²) < 4.78 is 0. The number of amides is 1. The highest BCUT2D eigenvalue weighted by Gasteiger charge is 2.30. The molecule has 0 unspecified atom stereocenters. The first kappa shape index (κ1) is 13.1. The van der Waals surface area contributed by atoms with Crippen LogP contribution in [-0.4, -0.2) is 10.9 Å². The van der Waals surface area contributed by atoms with E-state index in [-0.39, 0.29) is 5.91 Å². The molecule has 1 heterocycles. The van der Waals surface area contributed by atoms with E-state index in [0.717, 1.165) is 5.56 Å². The summed E-state index contributed by atoms with van der Waals surface area (Å²) in [6.07, 6.45) is 1.60. The molecule has 1 amide bonds. The summed E-state index contributed by atoms with van der Waals surface area (Å²) in [5.41, 5.74) is 6.53. The van der Waals surface area contributed by atoms with Gasteiger partial charge in [0.05, 0.1) is 11.1 Å². The lowest BCUT2D eigenvalue weighted by atomic mass is 9.84. The summed E-state index contributed by atoms with van der Waals surface area (Å²) in [7, 11) is 0. The second kappa shape index (κ2) is 5.10. The molecule has 2 rings (SSSR count). The quantitative estimate of drug-likeness (QED) is 0.885. The van der Waals surface area contributed by atoms with E-state index in [0.29, 0.717) is 11.5 Å². The molecule has 4 heteroatoms. The molecule has 98 valence electrons. The molecule has 0 saturated heterocycles. The van der Waals surface area contributed by atoms with E-state index >= 15 is 0 Å². The van der Waals surface area contributed by atoms with Crippen LogP contribution < -0.4 is 11.1 Å². The number of rotatable bonds is 3. The summed E-state index contributed by atoms with van der Waals surface area (Å²) in [4.78, 5) is 16.4. The first-order valence-corrected chi connectivity index (χ1v) is 6.09. The minimum absolute atomic E-state index is 0.135. The summed E-state index contributed by atoms with van der Waals surface area (Å²) in [5.74, 6) is 0.264. The Morgan fingerprint density at radius 1 is 1.16 bits per heavy atom. The molecule has 1 aromatic carbocycles. The third kappa shape index (κ3) is 2.73. The van der Waals surface area contributed by atoms with Gasteiger partial charge in [0.1, 0.15) is 0 Å². The van der Waals surface area contributed by atoms with Gasteiger partial charge in [0.2, 0.25) is 5.91 Å². The highest BCUT2D eigenvalue weighted by Crippen LogP contribution is 2.25. The van der Waals surface area contributed by atoms with Crippen molar-refractivity contribution in [1.29, 1.82) is 0 Å². The van der Waals surface area contributed by atoms with E-state index in [9.17, 15) is 4.79 Å².